The van der Waals surface area contributed by atoms with Crippen LogP contribution in [0.25, 0.3) is 0 Å². The monoisotopic (exact) mass is 642 g/mol. The fourth-order valence-corrected chi connectivity index (χ4v) is 3.81. The summed E-state index contributed by atoms with van der Waals surface area (Å²) >= 11 is 0. The summed E-state index contributed by atoms with van der Waals surface area (Å²) in [5.74, 6) is -2.60. The Balaban J connectivity index is 8.34. The van der Waals surface area contributed by atoms with Crippen LogP contribution in [0.2, 0.25) is 0 Å². The van der Waals surface area contributed by atoms with E-state index in [-0.39, 0.29) is 23.8 Å². The van der Waals surface area contributed by atoms with Crippen LogP contribution in [0.3, 0.4) is 0 Å². The van der Waals surface area contributed by atoms with Gasteiger partial charge in [0.15, 0.2) is 0 Å². The summed E-state index contributed by atoms with van der Waals surface area (Å²) in [6.07, 6.45) is 0. The number of nitrogens with two attached hydrogens (primary N) is 4. The normalized spacial score (nSPS) is 15.7. The van der Waals surface area contributed by atoms with Gasteiger partial charge < -0.3 is 42.5 Å². The molecule has 0 amide bonds. The Morgan fingerprint density at radius 1 is 0.370 bits per heavy atom. The molecule has 0 aromatic rings. The fraction of sp³-hybridized carbons (Fsp3) is 0.538. The standard InChI is InChI=1S/C26H50N20/c1-13(35-23(43(5)6)39-19(27)28)17(14(2)36-24(44(7)8)40-20(29)30)18(15(3)37-25(45(9)10)41-21(31)32)16(4)38-26(46(11)12)42-22(33)34/h17-18H,1-12H3,(H3,27,28)(H3,29,30)(H3,31,32)(H3,33,34)/b35-13+,36-14+,37-15+,38-16+,39-23-,40-24-,41-25-,42-26-. The molecule has 0 fully saturated rings. The van der Waals surface area contributed by atoms with Gasteiger partial charge in [0.05, 0.1) is 0 Å². The van der Waals surface area contributed by atoms with Crippen molar-refractivity contribution in [2.24, 2.45) is 74.7 Å². The lowest BCUT2D eigenvalue weighted by Crippen LogP contribution is -2.41. The van der Waals surface area contributed by atoms with Crippen LogP contribution >= 0.6 is 0 Å². The molecule has 254 valence electrons. The van der Waals surface area contributed by atoms with Gasteiger partial charge in [-0.25, -0.2) is 20.0 Å². The molecule has 0 radical (unpaired) electrons. The smallest absolute Gasteiger partial charge is 0.228 e. The summed E-state index contributed by atoms with van der Waals surface area (Å²) < 4.78 is 0. The first kappa shape index (κ1) is 40.4. The van der Waals surface area contributed by atoms with Crippen molar-refractivity contribution in [1.29, 1.82) is 21.6 Å². The van der Waals surface area contributed by atoms with Gasteiger partial charge in [0.2, 0.25) is 47.7 Å². The lowest BCUT2D eigenvalue weighted by Gasteiger charge is -2.29. The Morgan fingerprint density at radius 2 is 0.522 bits per heavy atom. The van der Waals surface area contributed by atoms with Gasteiger partial charge >= 0.3 is 0 Å². The molecule has 0 aromatic carbocycles. The molecule has 20 nitrogen and oxygen atoms in total. The molecule has 0 aliphatic heterocycles. The van der Waals surface area contributed by atoms with E-state index in [4.69, 9.17) is 64.5 Å². The molecule has 12 N–H and O–H groups in total. The zero-order chi connectivity index (χ0) is 36.0. The van der Waals surface area contributed by atoms with E-state index in [1.807, 2.05) is 0 Å². The van der Waals surface area contributed by atoms with Gasteiger partial charge in [0.1, 0.15) is 0 Å². The van der Waals surface area contributed by atoms with E-state index in [1.54, 1.807) is 104 Å². The Kier molecular flexibility index (Phi) is 16.1. The molecular formula is C26H50N20. The van der Waals surface area contributed by atoms with Crippen molar-refractivity contribution in [3.8, 4) is 0 Å². The largest absolute Gasteiger partial charge is 0.368 e. The summed E-state index contributed by atoms with van der Waals surface area (Å²) in [6, 6.07) is 0. The van der Waals surface area contributed by atoms with Crippen molar-refractivity contribution < 1.29 is 0 Å². The van der Waals surface area contributed by atoms with Gasteiger partial charge in [-0.3, -0.25) is 21.6 Å². The number of guanidine groups is 8. The molecule has 0 spiro atoms. The quantitative estimate of drug-likeness (QED) is 0.140. The highest BCUT2D eigenvalue weighted by Gasteiger charge is 2.33. The van der Waals surface area contributed by atoms with Crippen molar-refractivity contribution in [2.75, 3.05) is 56.4 Å². The Morgan fingerprint density at radius 3 is 0.630 bits per heavy atom. The van der Waals surface area contributed by atoms with Crippen LogP contribution in [-0.2, 0) is 0 Å². The van der Waals surface area contributed by atoms with Crippen LogP contribution in [-0.4, -0.2) is 147 Å². The Labute approximate surface area is 270 Å². The summed E-state index contributed by atoms with van der Waals surface area (Å²) in [4.78, 5) is 41.6. The second kappa shape index (κ2) is 18.3. The van der Waals surface area contributed by atoms with Crippen LogP contribution in [0.1, 0.15) is 27.7 Å². The van der Waals surface area contributed by atoms with Crippen LogP contribution in [0, 0.1) is 33.5 Å². The predicted molar refractivity (Wildman–Crippen MR) is 192 cm³/mol. The molecule has 0 saturated carbocycles. The zero-order valence-corrected chi connectivity index (χ0v) is 28.8. The number of nitrogens with one attached hydrogen (secondary N) is 4. The van der Waals surface area contributed by atoms with Gasteiger partial charge in [0, 0.05) is 91.1 Å². The third-order valence-corrected chi connectivity index (χ3v) is 5.72. The molecule has 20 heteroatoms. The van der Waals surface area contributed by atoms with Crippen molar-refractivity contribution >= 4 is 70.5 Å². The third-order valence-electron chi connectivity index (χ3n) is 5.72. The van der Waals surface area contributed by atoms with E-state index in [0.717, 1.165) is 0 Å². The first-order valence-electron chi connectivity index (χ1n) is 13.7. The average Bonchev–Trinajstić information content (AvgIpc) is 2.88. The first-order chi connectivity index (χ1) is 21.1. The minimum absolute atomic E-state index is 0.148. The summed E-state index contributed by atoms with van der Waals surface area (Å²) in [5.41, 5.74) is 24.2. The minimum Gasteiger partial charge on any atom is -0.368 e. The number of hydrogen-bond acceptors (Lipinski definition) is 4. The highest BCUT2D eigenvalue weighted by Crippen LogP contribution is 2.23. The van der Waals surface area contributed by atoms with Gasteiger partial charge in [0.25, 0.3) is 0 Å². The molecular weight excluding hydrogens is 592 g/mol. The number of aliphatic imine (C=N–C) groups is 8. The van der Waals surface area contributed by atoms with Crippen LogP contribution in [0.5, 0.6) is 0 Å². The Hall–Kier alpha value is -5.56. The maximum absolute atomic E-state index is 7.71. The second-order valence-electron chi connectivity index (χ2n) is 10.7. The van der Waals surface area contributed by atoms with E-state index >= 15 is 0 Å². The SMILES string of the molecule is C/C(=N\C(=N\C(=N)N)N(C)C)C(/C(C)=N/C(=N/C(=N)N)N(C)C)C(/C(C)=N/C(=N/C(=N)N)N(C)C)/C(C)=N/C(=N/C(=N)N)N(C)C. The Bertz CT molecular complexity index is 1190. The summed E-state index contributed by atoms with van der Waals surface area (Å²) in [7, 11) is 13.7. The molecule has 0 bridgehead atoms. The van der Waals surface area contributed by atoms with E-state index < -0.39 is 35.7 Å². The van der Waals surface area contributed by atoms with E-state index in [0.29, 0.717) is 22.8 Å². The van der Waals surface area contributed by atoms with E-state index in [9.17, 15) is 0 Å². The summed E-state index contributed by atoms with van der Waals surface area (Å²) in [6.45, 7) is 7.00. The van der Waals surface area contributed by atoms with E-state index in [1.165, 1.54) is 0 Å². The lowest BCUT2D eigenvalue weighted by molar-refractivity contribution is 0.611. The fourth-order valence-electron chi connectivity index (χ4n) is 3.81. The number of nitrogens with zero attached hydrogens (tertiary/aromatic N) is 12. The van der Waals surface area contributed by atoms with Crippen LogP contribution < -0.4 is 22.9 Å². The first-order valence-corrected chi connectivity index (χ1v) is 13.7. The molecule has 0 aromatic heterocycles. The predicted octanol–water partition coefficient (Wildman–Crippen LogP) is -0.693. The van der Waals surface area contributed by atoms with Gasteiger partial charge in [-0.2, -0.15) is 20.0 Å². The summed E-state index contributed by atoms with van der Waals surface area (Å²) in [5, 5.41) is 30.9. The molecule has 0 aliphatic carbocycles. The van der Waals surface area contributed by atoms with Gasteiger partial charge in [-0.1, -0.05) is 0 Å². The highest BCUT2D eigenvalue weighted by molar-refractivity contribution is 6.22. The highest BCUT2D eigenvalue weighted by atomic mass is 15.3. The van der Waals surface area contributed by atoms with E-state index in [2.05, 4.69) is 20.0 Å². The average molecular weight is 643 g/mol. The molecule has 0 saturated heterocycles. The molecule has 0 atom stereocenters. The van der Waals surface area contributed by atoms with Crippen molar-refractivity contribution in [3.05, 3.63) is 0 Å². The minimum atomic E-state index is -0.719. The van der Waals surface area contributed by atoms with Gasteiger partial charge in [-0.15, -0.1) is 0 Å². The van der Waals surface area contributed by atoms with Crippen molar-refractivity contribution in [2.45, 2.75) is 27.7 Å². The molecule has 0 aliphatic rings. The van der Waals surface area contributed by atoms with Crippen LogP contribution in [0.4, 0.5) is 0 Å². The van der Waals surface area contributed by atoms with Crippen molar-refractivity contribution in [3.63, 3.8) is 0 Å². The molecule has 0 rings (SSSR count). The maximum atomic E-state index is 7.71. The lowest BCUT2D eigenvalue weighted by atomic mass is 9.79. The number of hydrogen-bond donors (Lipinski definition) is 8. The van der Waals surface area contributed by atoms with Crippen molar-refractivity contribution in [1.82, 2.24) is 19.6 Å². The molecule has 46 heavy (non-hydrogen) atoms. The third kappa shape index (κ3) is 13.8. The molecule has 0 unspecified atom stereocenters. The van der Waals surface area contributed by atoms with Gasteiger partial charge in [-0.05, 0) is 27.7 Å². The zero-order valence-electron chi connectivity index (χ0n) is 28.8. The second-order valence-corrected chi connectivity index (χ2v) is 10.7. The number of rotatable bonds is 5. The van der Waals surface area contributed by atoms with Crippen LogP contribution in [0.15, 0.2) is 39.9 Å². The maximum Gasteiger partial charge on any atom is 0.228 e. The topological polar surface area (TPSA) is 311 Å². The molecule has 0 heterocycles.